The smallest absolute Gasteiger partial charge is 0.153 e. The minimum atomic E-state index is 0.196. The van der Waals surface area contributed by atoms with E-state index in [-0.39, 0.29) is 6.17 Å². The van der Waals surface area contributed by atoms with Gasteiger partial charge in [-0.25, -0.2) is 0 Å². The standard InChI is InChI=1S/C19H32N2O/c1-5-13-21(14-16(4)12-11-15(3)6-2)19-17-9-7-8-10-18(17)22-20-19/h7-10,15-16,19-20H,5-6,11-14H2,1-4H3/t15?,16-,19?/m0/s1. The fourth-order valence-corrected chi connectivity index (χ4v) is 3.13. The van der Waals surface area contributed by atoms with Crippen LogP contribution in [0.1, 0.15) is 65.1 Å². The second-order valence-electron chi connectivity index (χ2n) is 6.85. The zero-order valence-corrected chi connectivity index (χ0v) is 14.6. The summed E-state index contributed by atoms with van der Waals surface area (Å²) < 4.78 is 0. The van der Waals surface area contributed by atoms with E-state index >= 15 is 0 Å². The molecule has 0 aromatic heterocycles. The van der Waals surface area contributed by atoms with Crippen LogP contribution < -0.4 is 10.3 Å². The third-order valence-corrected chi connectivity index (χ3v) is 4.77. The second kappa shape index (κ2) is 8.54. The Balaban J connectivity index is 1.96. The summed E-state index contributed by atoms with van der Waals surface area (Å²) in [6.45, 7) is 11.5. The van der Waals surface area contributed by atoms with E-state index in [1.165, 1.54) is 31.2 Å². The first kappa shape index (κ1) is 17.3. The number of hydrogen-bond acceptors (Lipinski definition) is 3. The molecule has 1 N–H and O–H groups in total. The first-order valence-electron chi connectivity index (χ1n) is 8.91. The Hall–Kier alpha value is -1.06. The molecule has 0 aliphatic carbocycles. The van der Waals surface area contributed by atoms with E-state index in [4.69, 9.17) is 4.84 Å². The SMILES string of the molecule is CCCN(C[C@@H](C)CCC(C)CC)C1NOc2ccccc21. The van der Waals surface area contributed by atoms with Gasteiger partial charge in [0, 0.05) is 12.1 Å². The highest BCUT2D eigenvalue weighted by Gasteiger charge is 2.29. The number of nitrogens with zero attached hydrogens (tertiary/aromatic N) is 1. The maximum atomic E-state index is 5.64. The molecule has 0 saturated carbocycles. The van der Waals surface area contributed by atoms with Gasteiger partial charge in [-0.15, -0.1) is 5.48 Å². The fraction of sp³-hybridized carbons (Fsp3) is 0.684. The first-order valence-corrected chi connectivity index (χ1v) is 8.91. The van der Waals surface area contributed by atoms with E-state index in [0.717, 1.165) is 30.7 Å². The average Bonchev–Trinajstić information content (AvgIpc) is 2.96. The molecule has 1 aliphatic heterocycles. The molecule has 0 saturated heterocycles. The van der Waals surface area contributed by atoms with E-state index in [1.54, 1.807) is 0 Å². The second-order valence-corrected chi connectivity index (χ2v) is 6.85. The van der Waals surface area contributed by atoms with Gasteiger partial charge in [0.05, 0.1) is 0 Å². The van der Waals surface area contributed by atoms with E-state index in [2.05, 4.69) is 50.2 Å². The van der Waals surface area contributed by atoms with Gasteiger partial charge >= 0.3 is 0 Å². The first-order chi connectivity index (χ1) is 10.7. The predicted octanol–water partition coefficient (Wildman–Crippen LogP) is 4.76. The molecule has 3 heteroatoms. The Morgan fingerprint density at radius 1 is 1.14 bits per heavy atom. The lowest BCUT2D eigenvalue weighted by atomic mass is 9.95. The number of benzene rings is 1. The van der Waals surface area contributed by atoms with Crippen LogP contribution in [0, 0.1) is 11.8 Å². The molecule has 0 amide bonds. The lowest BCUT2D eigenvalue weighted by Gasteiger charge is -2.30. The summed E-state index contributed by atoms with van der Waals surface area (Å²) >= 11 is 0. The molecule has 3 nitrogen and oxygen atoms in total. The van der Waals surface area contributed by atoms with Crippen molar-refractivity contribution < 1.29 is 4.84 Å². The largest absolute Gasteiger partial charge is 0.406 e. The Labute approximate surface area is 136 Å². The van der Waals surface area contributed by atoms with Crippen molar-refractivity contribution >= 4 is 0 Å². The van der Waals surface area contributed by atoms with E-state index < -0.39 is 0 Å². The van der Waals surface area contributed by atoms with Gasteiger partial charge < -0.3 is 4.84 Å². The van der Waals surface area contributed by atoms with Crippen LogP contribution in [0.4, 0.5) is 0 Å². The van der Waals surface area contributed by atoms with E-state index in [1.807, 2.05) is 12.1 Å². The van der Waals surface area contributed by atoms with Crippen molar-refractivity contribution in [2.45, 2.75) is 59.5 Å². The Kier molecular flexibility index (Phi) is 6.71. The molecule has 0 spiro atoms. The summed E-state index contributed by atoms with van der Waals surface area (Å²) in [5, 5.41) is 0. The molecule has 124 valence electrons. The fourth-order valence-electron chi connectivity index (χ4n) is 3.13. The van der Waals surface area contributed by atoms with Crippen LogP contribution in [0.15, 0.2) is 24.3 Å². The maximum absolute atomic E-state index is 5.64. The number of fused-ring (bicyclic) bond motifs is 1. The highest BCUT2D eigenvalue weighted by atomic mass is 16.7. The van der Waals surface area contributed by atoms with Crippen molar-refractivity contribution in [3.05, 3.63) is 29.8 Å². The number of rotatable bonds is 9. The van der Waals surface area contributed by atoms with Gasteiger partial charge in [0.1, 0.15) is 6.17 Å². The molecule has 22 heavy (non-hydrogen) atoms. The molecular formula is C19H32N2O. The van der Waals surface area contributed by atoms with Crippen molar-refractivity contribution in [1.29, 1.82) is 0 Å². The molecule has 0 radical (unpaired) electrons. The number of hydrogen-bond donors (Lipinski definition) is 1. The quantitative estimate of drug-likeness (QED) is 0.712. The van der Waals surface area contributed by atoms with Gasteiger partial charge in [-0.3, -0.25) is 4.90 Å². The highest BCUT2D eigenvalue weighted by molar-refractivity contribution is 5.37. The van der Waals surface area contributed by atoms with Crippen LogP contribution in [0.3, 0.4) is 0 Å². The molecule has 3 atom stereocenters. The lowest BCUT2D eigenvalue weighted by Crippen LogP contribution is -2.39. The van der Waals surface area contributed by atoms with Crippen molar-refractivity contribution in [2.75, 3.05) is 13.1 Å². The topological polar surface area (TPSA) is 24.5 Å². The molecular weight excluding hydrogens is 272 g/mol. The normalized spacial score (nSPS) is 19.8. The van der Waals surface area contributed by atoms with Gasteiger partial charge in [-0.1, -0.05) is 58.7 Å². The number of nitrogens with one attached hydrogen (secondary N) is 1. The average molecular weight is 304 g/mol. The molecule has 1 aromatic rings. The number of hydroxylamine groups is 1. The summed E-state index contributed by atoms with van der Waals surface area (Å²) in [6, 6.07) is 8.34. The monoisotopic (exact) mass is 304 g/mol. The molecule has 0 fully saturated rings. The molecule has 2 rings (SSSR count). The van der Waals surface area contributed by atoms with E-state index in [0.29, 0.717) is 0 Å². The maximum Gasteiger partial charge on any atom is 0.153 e. The van der Waals surface area contributed by atoms with Crippen LogP contribution in [-0.4, -0.2) is 18.0 Å². The van der Waals surface area contributed by atoms with Crippen LogP contribution in [-0.2, 0) is 0 Å². The zero-order valence-electron chi connectivity index (χ0n) is 14.6. The Morgan fingerprint density at radius 2 is 1.86 bits per heavy atom. The third-order valence-electron chi connectivity index (χ3n) is 4.77. The molecule has 0 bridgehead atoms. The third kappa shape index (κ3) is 4.47. The highest BCUT2D eigenvalue weighted by Crippen LogP contribution is 2.33. The summed E-state index contributed by atoms with van der Waals surface area (Å²) in [6.07, 6.45) is 5.30. The van der Waals surface area contributed by atoms with Crippen LogP contribution in [0.25, 0.3) is 0 Å². The van der Waals surface area contributed by atoms with Gasteiger partial charge in [-0.2, -0.15) is 0 Å². The van der Waals surface area contributed by atoms with Crippen LogP contribution in [0.5, 0.6) is 5.75 Å². The van der Waals surface area contributed by atoms with Crippen LogP contribution in [0.2, 0.25) is 0 Å². The lowest BCUT2D eigenvalue weighted by molar-refractivity contribution is 0.0701. The zero-order chi connectivity index (χ0) is 15.9. The van der Waals surface area contributed by atoms with Crippen molar-refractivity contribution in [2.24, 2.45) is 11.8 Å². The van der Waals surface area contributed by atoms with Crippen molar-refractivity contribution in [3.8, 4) is 5.75 Å². The summed E-state index contributed by atoms with van der Waals surface area (Å²) in [5.41, 5.74) is 4.48. The summed E-state index contributed by atoms with van der Waals surface area (Å²) in [4.78, 5) is 8.18. The van der Waals surface area contributed by atoms with Gasteiger partial charge in [-0.05, 0) is 37.3 Å². The Morgan fingerprint density at radius 3 is 2.59 bits per heavy atom. The van der Waals surface area contributed by atoms with Crippen LogP contribution >= 0.6 is 0 Å². The minimum absolute atomic E-state index is 0.196. The Bertz CT molecular complexity index is 449. The minimum Gasteiger partial charge on any atom is -0.406 e. The van der Waals surface area contributed by atoms with Crippen molar-refractivity contribution in [3.63, 3.8) is 0 Å². The van der Waals surface area contributed by atoms with Gasteiger partial charge in [0.15, 0.2) is 5.75 Å². The van der Waals surface area contributed by atoms with Gasteiger partial charge in [0.2, 0.25) is 0 Å². The summed E-state index contributed by atoms with van der Waals surface area (Å²) in [5.74, 6) is 2.53. The molecule has 1 heterocycles. The molecule has 1 aliphatic rings. The molecule has 2 unspecified atom stereocenters. The summed E-state index contributed by atoms with van der Waals surface area (Å²) in [7, 11) is 0. The van der Waals surface area contributed by atoms with E-state index in [9.17, 15) is 0 Å². The molecule has 1 aromatic carbocycles. The number of para-hydroxylation sites is 1. The van der Waals surface area contributed by atoms with Gasteiger partial charge in [0.25, 0.3) is 0 Å². The predicted molar refractivity (Wildman–Crippen MR) is 92.7 cm³/mol. The van der Waals surface area contributed by atoms with Crippen molar-refractivity contribution in [1.82, 2.24) is 10.4 Å².